The van der Waals surface area contributed by atoms with Crippen molar-refractivity contribution in [3.8, 4) is 0 Å². The summed E-state index contributed by atoms with van der Waals surface area (Å²) in [5.74, 6) is 1.69. The van der Waals surface area contributed by atoms with Crippen LogP contribution in [0.5, 0.6) is 0 Å². The van der Waals surface area contributed by atoms with Gasteiger partial charge in [-0.25, -0.2) is 4.98 Å². The lowest BCUT2D eigenvalue weighted by Crippen LogP contribution is -2.18. The minimum absolute atomic E-state index is 0.443. The molecule has 2 N–H and O–H groups in total. The average molecular weight is 304 g/mol. The Bertz CT molecular complexity index is 647. The summed E-state index contributed by atoms with van der Waals surface area (Å²) < 4.78 is 0. The van der Waals surface area contributed by atoms with Gasteiger partial charge < -0.3 is 10.6 Å². The van der Waals surface area contributed by atoms with Gasteiger partial charge in [-0.05, 0) is 37.2 Å². The standard InChI is InChI=1S/C16H24N4S/c1-5-11-8-12-13(18-10-6-7-16(2,3)9-10)19-15(17-4)20-14(12)21-11/h8,10H,5-7,9H2,1-4H3,(H2,17,18,19,20). The van der Waals surface area contributed by atoms with E-state index in [-0.39, 0.29) is 0 Å². The average Bonchev–Trinajstić information content (AvgIpc) is 3.01. The Kier molecular flexibility index (Phi) is 3.78. The van der Waals surface area contributed by atoms with Crippen molar-refractivity contribution in [1.82, 2.24) is 9.97 Å². The van der Waals surface area contributed by atoms with E-state index in [4.69, 9.17) is 0 Å². The van der Waals surface area contributed by atoms with Crippen LogP contribution in [-0.2, 0) is 6.42 Å². The number of nitrogens with zero attached hydrogens (tertiary/aromatic N) is 2. The zero-order valence-corrected chi connectivity index (χ0v) is 14.1. The van der Waals surface area contributed by atoms with Crippen molar-refractivity contribution in [2.45, 2.75) is 52.5 Å². The molecule has 1 saturated carbocycles. The SMILES string of the molecule is CCc1cc2c(NC3CCC(C)(C)C3)nc(NC)nc2s1. The lowest BCUT2D eigenvalue weighted by atomic mass is 9.92. The maximum Gasteiger partial charge on any atom is 0.225 e. The smallest absolute Gasteiger partial charge is 0.225 e. The molecule has 3 rings (SSSR count). The van der Waals surface area contributed by atoms with E-state index in [9.17, 15) is 0 Å². The first-order chi connectivity index (χ1) is 10.0. The summed E-state index contributed by atoms with van der Waals surface area (Å²) in [6, 6.07) is 2.76. The van der Waals surface area contributed by atoms with E-state index in [0.29, 0.717) is 17.4 Å². The number of aromatic nitrogens is 2. The lowest BCUT2D eigenvalue weighted by Gasteiger charge is -2.18. The molecule has 0 saturated heterocycles. The number of fused-ring (bicyclic) bond motifs is 1. The second kappa shape index (κ2) is 5.44. The number of nitrogens with one attached hydrogen (secondary N) is 2. The Labute approximate surface area is 130 Å². The third kappa shape index (κ3) is 2.98. The number of rotatable bonds is 4. The predicted octanol–water partition coefficient (Wildman–Crippen LogP) is 4.29. The van der Waals surface area contributed by atoms with Crippen LogP contribution in [0.25, 0.3) is 10.2 Å². The molecular weight excluding hydrogens is 280 g/mol. The number of thiophene rings is 1. The van der Waals surface area contributed by atoms with Gasteiger partial charge in [0.25, 0.3) is 0 Å². The topological polar surface area (TPSA) is 49.8 Å². The fourth-order valence-corrected chi connectivity index (χ4v) is 4.09. The summed E-state index contributed by atoms with van der Waals surface area (Å²) >= 11 is 1.77. The van der Waals surface area contributed by atoms with Crippen molar-refractivity contribution >= 4 is 33.3 Å². The Balaban J connectivity index is 1.94. The van der Waals surface area contributed by atoms with Gasteiger partial charge in [0.15, 0.2) is 0 Å². The first kappa shape index (κ1) is 14.6. The molecule has 4 nitrogen and oxygen atoms in total. The van der Waals surface area contributed by atoms with E-state index < -0.39 is 0 Å². The van der Waals surface area contributed by atoms with Crippen LogP contribution < -0.4 is 10.6 Å². The van der Waals surface area contributed by atoms with E-state index in [1.807, 2.05) is 7.05 Å². The highest BCUT2D eigenvalue weighted by Gasteiger charge is 2.31. The van der Waals surface area contributed by atoms with Gasteiger partial charge in [-0.2, -0.15) is 4.98 Å². The fourth-order valence-electron chi connectivity index (χ4n) is 3.12. The van der Waals surface area contributed by atoms with Crippen LogP contribution in [-0.4, -0.2) is 23.1 Å². The number of hydrogen-bond donors (Lipinski definition) is 2. The summed E-state index contributed by atoms with van der Waals surface area (Å²) in [6.45, 7) is 6.88. The molecule has 0 amide bonds. The van der Waals surface area contributed by atoms with Gasteiger partial charge in [-0.15, -0.1) is 11.3 Å². The van der Waals surface area contributed by atoms with E-state index in [1.54, 1.807) is 11.3 Å². The van der Waals surface area contributed by atoms with E-state index in [2.05, 4.69) is 47.4 Å². The van der Waals surface area contributed by atoms with Gasteiger partial charge in [0.1, 0.15) is 10.6 Å². The molecule has 21 heavy (non-hydrogen) atoms. The monoisotopic (exact) mass is 304 g/mol. The van der Waals surface area contributed by atoms with Crippen molar-refractivity contribution in [3.63, 3.8) is 0 Å². The highest BCUT2D eigenvalue weighted by Crippen LogP contribution is 2.39. The highest BCUT2D eigenvalue weighted by molar-refractivity contribution is 7.18. The second-order valence-corrected chi connectivity index (χ2v) is 7.79. The zero-order chi connectivity index (χ0) is 15.0. The first-order valence-corrected chi connectivity index (χ1v) is 8.57. The molecule has 2 heterocycles. The molecule has 0 bridgehead atoms. The molecule has 2 aromatic heterocycles. The van der Waals surface area contributed by atoms with Crippen LogP contribution in [0.15, 0.2) is 6.07 Å². The lowest BCUT2D eigenvalue weighted by molar-refractivity contribution is 0.378. The molecule has 1 aliphatic carbocycles. The molecule has 0 spiro atoms. The molecule has 1 atom stereocenters. The normalized spacial score (nSPS) is 20.9. The molecule has 2 aromatic rings. The molecular formula is C16H24N4S. The summed E-state index contributed by atoms with van der Waals surface area (Å²) in [5, 5.41) is 7.91. The highest BCUT2D eigenvalue weighted by atomic mass is 32.1. The molecule has 0 aromatic carbocycles. The quantitative estimate of drug-likeness (QED) is 0.885. The second-order valence-electron chi connectivity index (χ2n) is 6.68. The van der Waals surface area contributed by atoms with Crippen LogP contribution in [0.3, 0.4) is 0 Å². The summed E-state index contributed by atoms with van der Waals surface area (Å²) in [7, 11) is 1.87. The summed E-state index contributed by atoms with van der Waals surface area (Å²) in [4.78, 5) is 11.7. The van der Waals surface area contributed by atoms with Gasteiger partial charge in [-0.1, -0.05) is 20.8 Å². The molecule has 0 radical (unpaired) electrons. The third-order valence-electron chi connectivity index (χ3n) is 4.33. The minimum Gasteiger partial charge on any atom is -0.367 e. The summed E-state index contributed by atoms with van der Waals surface area (Å²) in [5.41, 5.74) is 0.443. The Morgan fingerprint density at radius 1 is 1.38 bits per heavy atom. The van der Waals surface area contributed by atoms with Gasteiger partial charge in [0.2, 0.25) is 5.95 Å². The molecule has 0 aliphatic heterocycles. The zero-order valence-electron chi connectivity index (χ0n) is 13.3. The van der Waals surface area contributed by atoms with Crippen LogP contribution >= 0.6 is 11.3 Å². The summed E-state index contributed by atoms with van der Waals surface area (Å²) in [6.07, 6.45) is 4.75. The maximum atomic E-state index is 4.65. The maximum absolute atomic E-state index is 4.65. The minimum atomic E-state index is 0.443. The van der Waals surface area contributed by atoms with Crippen LogP contribution in [0.1, 0.15) is 44.9 Å². The van der Waals surface area contributed by atoms with Crippen LogP contribution in [0.2, 0.25) is 0 Å². The van der Waals surface area contributed by atoms with Gasteiger partial charge >= 0.3 is 0 Å². The number of aryl methyl sites for hydroxylation is 1. The largest absolute Gasteiger partial charge is 0.367 e. The van der Waals surface area contributed by atoms with Crippen molar-refractivity contribution < 1.29 is 0 Å². The predicted molar refractivity (Wildman–Crippen MR) is 91.4 cm³/mol. The Morgan fingerprint density at radius 3 is 2.81 bits per heavy atom. The first-order valence-electron chi connectivity index (χ1n) is 7.75. The van der Waals surface area contributed by atoms with Crippen LogP contribution in [0.4, 0.5) is 11.8 Å². The van der Waals surface area contributed by atoms with Gasteiger partial charge in [0.05, 0.1) is 5.39 Å². The molecule has 1 fully saturated rings. The Morgan fingerprint density at radius 2 is 2.19 bits per heavy atom. The van der Waals surface area contributed by atoms with E-state index in [0.717, 1.165) is 17.1 Å². The fraction of sp³-hybridized carbons (Fsp3) is 0.625. The number of anilines is 2. The number of hydrogen-bond acceptors (Lipinski definition) is 5. The third-order valence-corrected chi connectivity index (χ3v) is 5.50. The molecule has 1 unspecified atom stereocenters. The van der Waals surface area contributed by atoms with Crippen molar-refractivity contribution in [2.75, 3.05) is 17.7 Å². The van der Waals surface area contributed by atoms with E-state index >= 15 is 0 Å². The van der Waals surface area contributed by atoms with Crippen LogP contribution in [0, 0.1) is 5.41 Å². The molecule has 5 heteroatoms. The van der Waals surface area contributed by atoms with Crippen molar-refractivity contribution in [2.24, 2.45) is 5.41 Å². The molecule has 1 aliphatic rings. The van der Waals surface area contributed by atoms with Gasteiger partial charge in [-0.3, -0.25) is 0 Å². The van der Waals surface area contributed by atoms with Crippen molar-refractivity contribution in [1.29, 1.82) is 0 Å². The van der Waals surface area contributed by atoms with Gasteiger partial charge in [0, 0.05) is 18.0 Å². The van der Waals surface area contributed by atoms with E-state index in [1.165, 1.54) is 29.5 Å². The molecule has 114 valence electrons. The van der Waals surface area contributed by atoms with Crippen molar-refractivity contribution in [3.05, 3.63) is 10.9 Å². The Hall–Kier alpha value is -1.36.